The summed E-state index contributed by atoms with van der Waals surface area (Å²) in [5.74, 6) is 1.73. The van der Waals surface area contributed by atoms with Gasteiger partial charge in [-0.25, -0.2) is 4.79 Å². The van der Waals surface area contributed by atoms with E-state index in [-0.39, 0.29) is 12.1 Å². The van der Waals surface area contributed by atoms with Crippen LogP contribution in [0.2, 0.25) is 0 Å². The number of hydrogen-bond acceptors (Lipinski definition) is 3. The van der Waals surface area contributed by atoms with E-state index in [2.05, 4.69) is 11.2 Å². The summed E-state index contributed by atoms with van der Waals surface area (Å²) >= 11 is 0. The van der Waals surface area contributed by atoms with Gasteiger partial charge in [0.2, 0.25) is 0 Å². The second-order valence-electron chi connectivity index (χ2n) is 4.99. The van der Waals surface area contributed by atoms with E-state index in [0.717, 1.165) is 12.8 Å². The number of amides is 2. The lowest BCUT2D eigenvalue weighted by atomic mass is 10.2. The predicted octanol–water partition coefficient (Wildman–Crippen LogP) is 0.589. The lowest BCUT2D eigenvalue weighted by molar-refractivity contribution is -0.143. The molecule has 6 heteroatoms. The van der Waals surface area contributed by atoms with Crippen LogP contribution in [0.5, 0.6) is 0 Å². The Morgan fingerprint density at radius 2 is 1.95 bits per heavy atom. The van der Waals surface area contributed by atoms with Crippen LogP contribution in [0.3, 0.4) is 0 Å². The van der Waals surface area contributed by atoms with Crippen LogP contribution >= 0.6 is 0 Å². The van der Waals surface area contributed by atoms with Crippen molar-refractivity contribution in [2.75, 3.05) is 26.2 Å². The summed E-state index contributed by atoms with van der Waals surface area (Å²) < 4.78 is 0. The first-order chi connectivity index (χ1) is 9.49. The molecular formula is C14H23N3O3. The molecule has 0 radical (unpaired) electrons. The monoisotopic (exact) mass is 281 g/mol. The number of terminal acetylenes is 1. The summed E-state index contributed by atoms with van der Waals surface area (Å²) in [5, 5.41) is 11.8. The number of hydrogen-bond donors (Lipinski definition) is 2. The van der Waals surface area contributed by atoms with Gasteiger partial charge in [-0.3, -0.25) is 9.69 Å². The molecule has 0 saturated carbocycles. The maximum atomic E-state index is 12.0. The van der Waals surface area contributed by atoms with Crippen molar-refractivity contribution in [2.45, 2.75) is 38.8 Å². The van der Waals surface area contributed by atoms with Crippen molar-refractivity contribution < 1.29 is 14.7 Å². The van der Waals surface area contributed by atoms with Crippen LogP contribution < -0.4 is 5.32 Å². The van der Waals surface area contributed by atoms with Gasteiger partial charge in [-0.1, -0.05) is 19.3 Å². The fourth-order valence-corrected chi connectivity index (χ4v) is 2.19. The third kappa shape index (κ3) is 4.42. The molecule has 1 saturated heterocycles. The first kappa shape index (κ1) is 16.3. The molecule has 0 aromatic rings. The molecule has 2 atom stereocenters. The highest BCUT2D eigenvalue weighted by molar-refractivity contribution is 5.75. The van der Waals surface area contributed by atoms with Crippen molar-refractivity contribution >= 4 is 12.0 Å². The first-order valence-corrected chi connectivity index (χ1v) is 6.98. The van der Waals surface area contributed by atoms with E-state index in [1.807, 2.05) is 11.8 Å². The maximum absolute atomic E-state index is 12.0. The fourth-order valence-electron chi connectivity index (χ4n) is 2.19. The minimum absolute atomic E-state index is 0.163. The minimum atomic E-state index is -0.835. The Hall–Kier alpha value is -1.74. The largest absolute Gasteiger partial charge is 0.480 e. The van der Waals surface area contributed by atoms with E-state index >= 15 is 0 Å². The van der Waals surface area contributed by atoms with Crippen LogP contribution in [-0.4, -0.2) is 65.2 Å². The lowest BCUT2D eigenvalue weighted by Crippen LogP contribution is -2.56. The summed E-state index contributed by atoms with van der Waals surface area (Å²) in [6.45, 7) is 5.85. The van der Waals surface area contributed by atoms with Gasteiger partial charge in [0.05, 0.1) is 6.04 Å². The summed E-state index contributed by atoms with van der Waals surface area (Å²) in [4.78, 5) is 26.5. The van der Waals surface area contributed by atoms with Gasteiger partial charge in [0.1, 0.15) is 6.04 Å². The molecule has 0 aliphatic carbocycles. The van der Waals surface area contributed by atoms with Gasteiger partial charge >= 0.3 is 12.0 Å². The van der Waals surface area contributed by atoms with E-state index in [1.165, 1.54) is 0 Å². The molecule has 20 heavy (non-hydrogen) atoms. The molecule has 1 aliphatic heterocycles. The van der Waals surface area contributed by atoms with Crippen molar-refractivity contribution in [1.82, 2.24) is 15.1 Å². The van der Waals surface area contributed by atoms with Gasteiger partial charge in [0.15, 0.2) is 0 Å². The van der Waals surface area contributed by atoms with Gasteiger partial charge < -0.3 is 15.3 Å². The Morgan fingerprint density at radius 3 is 2.40 bits per heavy atom. The lowest BCUT2D eigenvalue weighted by Gasteiger charge is -2.36. The second-order valence-corrected chi connectivity index (χ2v) is 4.99. The van der Waals surface area contributed by atoms with Gasteiger partial charge in [-0.05, 0) is 13.3 Å². The normalized spacial score (nSPS) is 18.9. The van der Waals surface area contributed by atoms with E-state index in [0.29, 0.717) is 26.2 Å². The molecule has 0 bridgehead atoms. The molecule has 0 aromatic heterocycles. The number of carbonyl (C=O) groups is 2. The smallest absolute Gasteiger partial charge is 0.320 e. The highest BCUT2D eigenvalue weighted by Crippen LogP contribution is 2.07. The number of rotatable bonds is 5. The number of carboxylic acid groups (broad SMARTS) is 1. The third-order valence-electron chi connectivity index (χ3n) is 3.58. The first-order valence-electron chi connectivity index (χ1n) is 6.98. The van der Waals surface area contributed by atoms with Crippen molar-refractivity contribution in [2.24, 2.45) is 0 Å². The van der Waals surface area contributed by atoms with Gasteiger partial charge in [0, 0.05) is 26.2 Å². The fraction of sp³-hybridized carbons (Fsp3) is 0.714. The average molecular weight is 281 g/mol. The van der Waals surface area contributed by atoms with Crippen molar-refractivity contribution in [3.05, 3.63) is 0 Å². The SMILES string of the molecule is C#CC(CCC)NC(=O)N1CCN(C(C)C(=O)O)CC1. The summed E-state index contributed by atoms with van der Waals surface area (Å²) in [5.41, 5.74) is 0. The molecule has 6 nitrogen and oxygen atoms in total. The molecule has 2 unspecified atom stereocenters. The maximum Gasteiger partial charge on any atom is 0.320 e. The number of carbonyl (C=O) groups excluding carboxylic acids is 1. The number of aliphatic carboxylic acids is 1. The van der Waals surface area contributed by atoms with Gasteiger partial charge in [-0.2, -0.15) is 0 Å². The van der Waals surface area contributed by atoms with Crippen LogP contribution in [0.4, 0.5) is 4.79 Å². The van der Waals surface area contributed by atoms with Gasteiger partial charge in [-0.15, -0.1) is 6.42 Å². The molecule has 2 N–H and O–H groups in total. The molecule has 0 spiro atoms. The van der Waals surface area contributed by atoms with E-state index in [1.54, 1.807) is 11.8 Å². The molecule has 1 heterocycles. The number of nitrogens with zero attached hydrogens (tertiary/aromatic N) is 2. The molecule has 1 fully saturated rings. The van der Waals surface area contributed by atoms with Crippen molar-refractivity contribution in [1.29, 1.82) is 0 Å². The minimum Gasteiger partial charge on any atom is -0.480 e. The highest BCUT2D eigenvalue weighted by Gasteiger charge is 2.27. The quantitative estimate of drug-likeness (QED) is 0.723. The topological polar surface area (TPSA) is 72.9 Å². The van der Waals surface area contributed by atoms with Gasteiger partial charge in [0.25, 0.3) is 0 Å². The predicted molar refractivity (Wildman–Crippen MR) is 76.3 cm³/mol. The number of nitrogens with one attached hydrogen (secondary N) is 1. The third-order valence-corrected chi connectivity index (χ3v) is 3.58. The van der Waals surface area contributed by atoms with Crippen molar-refractivity contribution in [3.63, 3.8) is 0 Å². The molecule has 112 valence electrons. The van der Waals surface area contributed by atoms with Crippen LogP contribution in [0, 0.1) is 12.3 Å². The Bertz CT molecular complexity index is 384. The zero-order valence-electron chi connectivity index (χ0n) is 12.1. The highest BCUT2D eigenvalue weighted by atomic mass is 16.4. The molecule has 1 aliphatic rings. The zero-order valence-corrected chi connectivity index (χ0v) is 12.1. The van der Waals surface area contributed by atoms with Crippen LogP contribution in [-0.2, 0) is 4.79 Å². The molecule has 0 aromatic carbocycles. The second kappa shape index (κ2) is 7.75. The molecule has 1 rings (SSSR count). The summed E-state index contributed by atoms with van der Waals surface area (Å²) in [6, 6.07) is -0.911. The molecular weight excluding hydrogens is 258 g/mol. The van der Waals surface area contributed by atoms with E-state index < -0.39 is 12.0 Å². The van der Waals surface area contributed by atoms with Crippen LogP contribution in [0.1, 0.15) is 26.7 Å². The van der Waals surface area contributed by atoms with Crippen LogP contribution in [0.25, 0.3) is 0 Å². The van der Waals surface area contributed by atoms with Crippen molar-refractivity contribution in [3.8, 4) is 12.3 Å². The number of piperazine rings is 1. The zero-order chi connectivity index (χ0) is 15.1. The number of urea groups is 1. The van der Waals surface area contributed by atoms with Crippen LogP contribution in [0.15, 0.2) is 0 Å². The summed E-state index contributed by atoms with van der Waals surface area (Å²) in [6.07, 6.45) is 7.05. The standard InChI is InChI=1S/C14H23N3O3/c1-4-6-12(5-2)15-14(20)17-9-7-16(8-10-17)11(3)13(18)19/h2,11-12H,4,6-10H2,1,3H3,(H,15,20)(H,18,19). The summed E-state index contributed by atoms with van der Waals surface area (Å²) in [7, 11) is 0. The Kier molecular flexibility index (Phi) is 6.32. The van der Waals surface area contributed by atoms with E-state index in [9.17, 15) is 9.59 Å². The average Bonchev–Trinajstić information content (AvgIpc) is 2.45. The van der Waals surface area contributed by atoms with E-state index in [4.69, 9.17) is 11.5 Å². The Morgan fingerprint density at radius 1 is 1.35 bits per heavy atom. The Labute approximate surface area is 120 Å². The Balaban J connectivity index is 2.43. The number of carboxylic acids is 1. The molecule has 2 amide bonds.